The Morgan fingerprint density at radius 3 is 2.41 bits per heavy atom. The van der Waals surface area contributed by atoms with Crippen LogP contribution in [0.2, 0.25) is 0 Å². The fourth-order valence-electron chi connectivity index (χ4n) is 2.79. The average molecular weight is 243 g/mol. The SMILES string of the molecule is CCC1CCC(CN)(CCOCCOC)CC1. The third kappa shape index (κ3) is 4.94. The molecule has 0 amide bonds. The van der Waals surface area contributed by atoms with E-state index in [4.69, 9.17) is 15.2 Å². The Hall–Kier alpha value is -0.120. The molecule has 0 heterocycles. The zero-order chi connectivity index (χ0) is 12.6. The van der Waals surface area contributed by atoms with Crippen LogP contribution in [0, 0.1) is 11.3 Å². The molecule has 2 N–H and O–H groups in total. The maximum absolute atomic E-state index is 5.99. The Morgan fingerprint density at radius 1 is 1.18 bits per heavy atom. The number of hydrogen-bond acceptors (Lipinski definition) is 3. The van der Waals surface area contributed by atoms with Gasteiger partial charge in [0.25, 0.3) is 0 Å². The number of hydrogen-bond donors (Lipinski definition) is 1. The highest BCUT2D eigenvalue weighted by Crippen LogP contribution is 2.41. The van der Waals surface area contributed by atoms with Crippen molar-refractivity contribution in [1.82, 2.24) is 0 Å². The quantitative estimate of drug-likeness (QED) is 0.666. The van der Waals surface area contributed by atoms with Crippen molar-refractivity contribution in [2.75, 3.05) is 33.5 Å². The fraction of sp³-hybridized carbons (Fsp3) is 1.00. The molecule has 0 unspecified atom stereocenters. The molecule has 0 aromatic rings. The standard InChI is InChI=1S/C14H29NO2/c1-3-13-4-6-14(12-15,7-5-13)8-9-17-11-10-16-2/h13H,3-12,15H2,1-2H3. The van der Waals surface area contributed by atoms with E-state index in [0.717, 1.165) is 25.5 Å². The van der Waals surface area contributed by atoms with Crippen LogP contribution in [0.5, 0.6) is 0 Å². The molecule has 102 valence electrons. The predicted octanol–water partition coefficient (Wildman–Crippen LogP) is 2.58. The normalized spacial score (nSPS) is 29.5. The van der Waals surface area contributed by atoms with Gasteiger partial charge in [-0.1, -0.05) is 13.3 Å². The van der Waals surface area contributed by atoms with Crippen molar-refractivity contribution >= 4 is 0 Å². The molecule has 0 bridgehead atoms. The van der Waals surface area contributed by atoms with Gasteiger partial charge < -0.3 is 15.2 Å². The van der Waals surface area contributed by atoms with Crippen LogP contribution >= 0.6 is 0 Å². The third-order valence-corrected chi connectivity index (χ3v) is 4.38. The molecule has 0 aliphatic heterocycles. The van der Waals surface area contributed by atoms with Crippen LogP contribution in [0.25, 0.3) is 0 Å². The molecule has 1 saturated carbocycles. The Bertz CT molecular complexity index is 189. The summed E-state index contributed by atoms with van der Waals surface area (Å²) in [6.07, 6.45) is 7.72. The lowest BCUT2D eigenvalue weighted by Gasteiger charge is -2.39. The van der Waals surface area contributed by atoms with Crippen molar-refractivity contribution in [3.8, 4) is 0 Å². The third-order valence-electron chi connectivity index (χ3n) is 4.38. The number of nitrogens with two attached hydrogens (primary N) is 1. The number of ether oxygens (including phenoxy) is 2. The lowest BCUT2D eigenvalue weighted by atomic mass is 9.68. The van der Waals surface area contributed by atoms with Gasteiger partial charge in [-0.25, -0.2) is 0 Å². The Morgan fingerprint density at radius 2 is 1.88 bits per heavy atom. The highest BCUT2D eigenvalue weighted by Gasteiger charge is 2.33. The van der Waals surface area contributed by atoms with Crippen molar-refractivity contribution in [1.29, 1.82) is 0 Å². The lowest BCUT2D eigenvalue weighted by Crippen LogP contribution is -2.36. The highest BCUT2D eigenvalue weighted by atomic mass is 16.5. The van der Waals surface area contributed by atoms with Crippen LogP contribution in [0.4, 0.5) is 0 Å². The second-order valence-corrected chi connectivity index (χ2v) is 5.41. The molecule has 1 rings (SSSR count). The van der Waals surface area contributed by atoms with E-state index in [0.29, 0.717) is 18.6 Å². The van der Waals surface area contributed by atoms with Crippen molar-refractivity contribution < 1.29 is 9.47 Å². The maximum Gasteiger partial charge on any atom is 0.0700 e. The Balaban J connectivity index is 2.22. The molecule has 0 spiro atoms. The van der Waals surface area contributed by atoms with Gasteiger partial charge in [0, 0.05) is 13.7 Å². The lowest BCUT2D eigenvalue weighted by molar-refractivity contribution is 0.0387. The van der Waals surface area contributed by atoms with E-state index in [1.54, 1.807) is 7.11 Å². The largest absolute Gasteiger partial charge is 0.382 e. The summed E-state index contributed by atoms with van der Waals surface area (Å²) < 4.78 is 10.5. The molecule has 1 aliphatic carbocycles. The summed E-state index contributed by atoms with van der Waals surface area (Å²) in [6.45, 7) is 5.34. The summed E-state index contributed by atoms with van der Waals surface area (Å²) >= 11 is 0. The summed E-state index contributed by atoms with van der Waals surface area (Å²) in [5.74, 6) is 0.934. The first-order valence-electron chi connectivity index (χ1n) is 7.03. The number of methoxy groups -OCH3 is 1. The summed E-state index contributed by atoms with van der Waals surface area (Å²) in [6, 6.07) is 0. The van der Waals surface area contributed by atoms with E-state index in [-0.39, 0.29) is 0 Å². The van der Waals surface area contributed by atoms with Crippen LogP contribution in [-0.2, 0) is 9.47 Å². The van der Waals surface area contributed by atoms with E-state index in [1.165, 1.54) is 32.1 Å². The van der Waals surface area contributed by atoms with Gasteiger partial charge >= 0.3 is 0 Å². The van der Waals surface area contributed by atoms with Crippen molar-refractivity contribution in [3.05, 3.63) is 0 Å². The van der Waals surface area contributed by atoms with Gasteiger partial charge in [-0.3, -0.25) is 0 Å². The summed E-state index contributed by atoms with van der Waals surface area (Å²) in [5.41, 5.74) is 6.35. The first-order chi connectivity index (χ1) is 8.26. The molecular formula is C14H29NO2. The van der Waals surface area contributed by atoms with Crippen LogP contribution in [0.3, 0.4) is 0 Å². The predicted molar refractivity (Wildman–Crippen MR) is 71.0 cm³/mol. The van der Waals surface area contributed by atoms with E-state index in [1.807, 2.05) is 0 Å². The maximum atomic E-state index is 5.99. The minimum absolute atomic E-state index is 0.360. The van der Waals surface area contributed by atoms with Crippen LogP contribution < -0.4 is 5.73 Å². The van der Waals surface area contributed by atoms with Gasteiger partial charge in [0.1, 0.15) is 0 Å². The van der Waals surface area contributed by atoms with E-state index in [9.17, 15) is 0 Å². The van der Waals surface area contributed by atoms with E-state index in [2.05, 4.69) is 6.92 Å². The summed E-state index contributed by atoms with van der Waals surface area (Å²) in [5, 5.41) is 0. The molecule has 3 nitrogen and oxygen atoms in total. The van der Waals surface area contributed by atoms with Gasteiger partial charge in [0.15, 0.2) is 0 Å². The molecule has 1 fully saturated rings. The molecule has 0 radical (unpaired) electrons. The first-order valence-corrected chi connectivity index (χ1v) is 7.03. The molecule has 0 saturated heterocycles. The molecule has 0 aromatic heterocycles. The Labute approximate surface area is 106 Å². The minimum Gasteiger partial charge on any atom is -0.382 e. The minimum atomic E-state index is 0.360. The summed E-state index contributed by atoms with van der Waals surface area (Å²) in [7, 11) is 1.71. The van der Waals surface area contributed by atoms with Gasteiger partial charge in [-0.05, 0) is 50.0 Å². The fourth-order valence-corrected chi connectivity index (χ4v) is 2.79. The van der Waals surface area contributed by atoms with Crippen LogP contribution in [0.15, 0.2) is 0 Å². The molecule has 17 heavy (non-hydrogen) atoms. The van der Waals surface area contributed by atoms with Gasteiger partial charge in [-0.2, -0.15) is 0 Å². The van der Waals surface area contributed by atoms with Crippen LogP contribution in [0.1, 0.15) is 45.4 Å². The second-order valence-electron chi connectivity index (χ2n) is 5.41. The van der Waals surface area contributed by atoms with E-state index >= 15 is 0 Å². The van der Waals surface area contributed by atoms with Gasteiger partial charge in [-0.15, -0.1) is 0 Å². The van der Waals surface area contributed by atoms with Crippen molar-refractivity contribution in [2.24, 2.45) is 17.1 Å². The zero-order valence-corrected chi connectivity index (χ0v) is 11.5. The molecule has 0 aromatic carbocycles. The molecule has 0 atom stereocenters. The smallest absolute Gasteiger partial charge is 0.0700 e. The second kappa shape index (κ2) is 8.06. The molecular weight excluding hydrogens is 214 g/mol. The molecule has 1 aliphatic rings. The van der Waals surface area contributed by atoms with Gasteiger partial charge in [0.05, 0.1) is 13.2 Å². The topological polar surface area (TPSA) is 44.5 Å². The number of rotatable bonds is 8. The zero-order valence-electron chi connectivity index (χ0n) is 11.5. The molecule has 3 heteroatoms. The summed E-state index contributed by atoms with van der Waals surface area (Å²) in [4.78, 5) is 0. The van der Waals surface area contributed by atoms with Crippen molar-refractivity contribution in [2.45, 2.75) is 45.4 Å². The van der Waals surface area contributed by atoms with E-state index < -0.39 is 0 Å². The van der Waals surface area contributed by atoms with Crippen molar-refractivity contribution in [3.63, 3.8) is 0 Å². The van der Waals surface area contributed by atoms with Gasteiger partial charge in [0.2, 0.25) is 0 Å². The highest BCUT2D eigenvalue weighted by molar-refractivity contribution is 4.86. The van der Waals surface area contributed by atoms with Crippen LogP contribution in [-0.4, -0.2) is 33.5 Å². The Kier molecular flexibility index (Phi) is 7.09. The average Bonchev–Trinajstić information content (AvgIpc) is 2.39. The first kappa shape index (κ1) is 14.9. The monoisotopic (exact) mass is 243 g/mol.